The van der Waals surface area contributed by atoms with Crippen molar-refractivity contribution in [1.29, 1.82) is 0 Å². The lowest BCUT2D eigenvalue weighted by molar-refractivity contribution is 0.649. The molecule has 1 aliphatic carbocycles. The van der Waals surface area contributed by atoms with E-state index in [0.717, 1.165) is 11.3 Å². The van der Waals surface area contributed by atoms with Crippen molar-refractivity contribution in [2.45, 2.75) is 38.0 Å². The number of rotatable bonds is 4. The summed E-state index contributed by atoms with van der Waals surface area (Å²) in [5, 5.41) is 3.09. The lowest BCUT2D eigenvalue weighted by atomic mass is 9.96. The third-order valence-corrected chi connectivity index (χ3v) is 5.02. The van der Waals surface area contributed by atoms with Crippen LogP contribution in [0.4, 0.5) is 0 Å². The van der Waals surface area contributed by atoms with Crippen molar-refractivity contribution < 1.29 is 0 Å². The number of nitrogens with zero attached hydrogens (tertiary/aromatic N) is 1. The summed E-state index contributed by atoms with van der Waals surface area (Å²) < 4.78 is 2.02. The number of aromatic amines is 1. The van der Waals surface area contributed by atoms with Crippen LogP contribution >= 0.6 is 0 Å². The summed E-state index contributed by atoms with van der Waals surface area (Å²) in [6, 6.07) is 20.4. The van der Waals surface area contributed by atoms with E-state index in [0.29, 0.717) is 12.3 Å². The van der Waals surface area contributed by atoms with Gasteiger partial charge in [0.15, 0.2) is 0 Å². The zero-order valence-electron chi connectivity index (χ0n) is 13.7. The Balaban J connectivity index is 1.83. The highest BCUT2D eigenvalue weighted by atomic mass is 16.1. The number of hydrogen-bond acceptors (Lipinski definition) is 1. The summed E-state index contributed by atoms with van der Waals surface area (Å²) in [6.07, 6.45) is 5.55. The molecule has 1 N–H and O–H groups in total. The SMILES string of the molecule is O=c1[nH]n(-c2ccccc2)c(C2CCCC2)c1Cc1ccccc1. The maximum absolute atomic E-state index is 12.7. The summed E-state index contributed by atoms with van der Waals surface area (Å²) >= 11 is 0. The van der Waals surface area contributed by atoms with Crippen molar-refractivity contribution in [2.75, 3.05) is 0 Å². The molecule has 122 valence electrons. The number of hydrogen-bond donors (Lipinski definition) is 1. The normalized spacial score (nSPS) is 15.0. The van der Waals surface area contributed by atoms with E-state index in [1.807, 2.05) is 41.1 Å². The fourth-order valence-corrected chi connectivity index (χ4v) is 3.86. The second kappa shape index (κ2) is 6.52. The molecular weight excluding hydrogens is 296 g/mol. The molecule has 0 atom stereocenters. The molecule has 0 radical (unpaired) electrons. The van der Waals surface area contributed by atoms with Gasteiger partial charge < -0.3 is 0 Å². The summed E-state index contributed by atoms with van der Waals surface area (Å²) in [5.74, 6) is 0.475. The van der Waals surface area contributed by atoms with Crippen molar-refractivity contribution >= 4 is 0 Å². The van der Waals surface area contributed by atoms with Crippen LogP contribution < -0.4 is 5.56 Å². The van der Waals surface area contributed by atoms with Crippen LogP contribution in [0, 0.1) is 0 Å². The zero-order valence-corrected chi connectivity index (χ0v) is 13.7. The lowest BCUT2D eigenvalue weighted by Gasteiger charge is -2.16. The van der Waals surface area contributed by atoms with Gasteiger partial charge in [-0.05, 0) is 30.5 Å². The van der Waals surface area contributed by atoms with E-state index in [1.165, 1.54) is 36.9 Å². The Labute approximate surface area is 141 Å². The van der Waals surface area contributed by atoms with Crippen molar-refractivity contribution in [3.05, 3.63) is 87.8 Å². The largest absolute Gasteiger partial charge is 0.268 e. The van der Waals surface area contributed by atoms with E-state index in [2.05, 4.69) is 29.4 Å². The van der Waals surface area contributed by atoms with Gasteiger partial charge in [0.1, 0.15) is 0 Å². The van der Waals surface area contributed by atoms with Crippen LogP contribution in [0.5, 0.6) is 0 Å². The first-order valence-corrected chi connectivity index (χ1v) is 8.76. The summed E-state index contributed by atoms with van der Waals surface area (Å²) in [5.41, 5.74) is 4.39. The van der Waals surface area contributed by atoms with Gasteiger partial charge in [-0.1, -0.05) is 61.4 Å². The van der Waals surface area contributed by atoms with Crippen molar-refractivity contribution in [3.8, 4) is 5.69 Å². The van der Waals surface area contributed by atoms with E-state index >= 15 is 0 Å². The molecule has 3 aromatic rings. The molecule has 1 heterocycles. The molecule has 0 saturated heterocycles. The molecule has 4 rings (SSSR count). The molecule has 24 heavy (non-hydrogen) atoms. The van der Waals surface area contributed by atoms with E-state index < -0.39 is 0 Å². The Kier molecular flexibility index (Phi) is 4.08. The zero-order chi connectivity index (χ0) is 16.4. The Hall–Kier alpha value is -2.55. The average molecular weight is 318 g/mol. The third kappa shape index (κ3) is 2.82. The van der Waals surface area contributed by atoms with Gasteiger partial charge in [0.2, 0.25) is 0 Å². The van der Waals surface area contributed by atoms with Gasteiger partial charge in [-0.25, -0.2) is 0 Å². The molecule has 0 bridgehead atoms. The van der Waals surface area contributed by atoms with Crippen LogP contribution in [0.25, 0.3) is 5.69 Å². The first-order chi connectivity index (χ1) is 11.8. The standard InChI is InChI=1S/C21H22N2O/c24-21-19(15-16-9-3-1-4-10-16)20(17-11-7-8-12-17)23(22-21)18-13-5-2-6-14-18/h1-6,9-10,13-14,17H,7-8,11-12,15H2,(H,22,24). The number of benzene rings is 2. The molecule has 1 aliphatic rings. The Bertz CT molecular complexity index is 856. The second-order valence-electron chi connectivity index (χ2n) is 6.62. The molecular formula is C21H22N2O. The molecule has 0 spiro atoms. The average Bonchev–Trinajstić information content (AvgIpc) is 3.25. The quantitative estimate of drug-likeness (QED) is 0.760. The van der Waals surface area contributed by atoms with Crippen LogP contribution in [-0.2, 0) is 6.42 Å². The van der Waals surface area contributed by atoms with Gasteiger partial charge in [0, 0.05) is 17.9 Å². The molecule has 1 aromatic heterocycles. The molecule has 3 heteroatoms. The predicted molar refractivity (Wildman–Crippen MR) is 96.8 cm³/mol. The van der Waals surface area contributed by atoms with Gasteiger partial charge >= 0.3 is 0 Å². The minimum atomic E-state index is 0.0459. The highest BCUT2D eigenvalue weighted by molar-refractivity contribution is 5.38. The van der Waals surface area contributed by atoms with Gasteiger partial charge in [-0.15, -0.1) is 0 Å². The van der Waals surface area contributed by atoms with Gasteiger partial charge in [0.05, 0.1) is 11.4 Å². The number of aromatic nitrogens is 2. The Morgan fingerprint density at radius 1 is 0.917 bits per heavy atom. The van der Waals surface area contributed by atoms with Gasteiger partial charge in [-0.2, -0.15) is 0 Å². The molecule has 1 saturated carbocycles. The summed E-state index contributed by atoms with van der Waals surface area (Å²) in [4.78, 5) is 12.7. The van der Waals surface area contributed by atoms with Crippen molar-refractivity contribution in [2.24, 2.45) is 0 Å². The van der Waals surface area contributed by atoms with E-state index in [1.54, 1.807) is 0 Å². The Morgan fingerprint density at radius 3 is 2.21 bits per heavy atom. The van der Waals surface area contributed by atoms with Crippen LogP contribution in [0.15, 0.2) is 65.5 Å². The number of H-pyrrole nitrogens is 1. The minimum Gasteiger partial charge on any atom is -0.268 e. The monoisotopic (exact) mass is 318 g/mol. The van der Waals surface area contributed by atoms with Crippen molar-refractivity contribution in [1.82, 2.24) is 9.78 Å². The molecule has 0 aliphatic heterocycles. The summed E-state index contributed by atoms with van der Waals surface area (Å²) in [7, 11) is 0. The number of nitrogens with one attached hydrogen (secondary N) is 1. The van der Waals surface area contributed by atoms with Crippen molar-refractivity contribution in [3.63, 3.8) is 0 Å². The third-order valence-electron chi connectivity index (χ3n) is 5.02. The molecule has 3 nitrogen and oxygen atoms in total. The van der Waals surface area contributed by atoms with E-state index in [9.17, 15) is 4.79 Å². The number of para-hydroxylation sites is 1. The van der Waals surface area contributed by atoms with Crippen LogP contribution in [0.3, 0.4) is 0 Å². The maximum atomic E-state index is 12.7. The summed E-state index contributed by atoms with van der Waals surface area (Å²) in [6.45, 7) is 0. The minimum absolute atomic E-state index is 0.0459. The second-order valence-corrected chi connectivity index (χ2v) is 6.62. The Morgan fingerprint density at radius 2 is 1.54 bits per heavy atom. The fourth-order valence-electron chi connectivity index (χ4n) is 3.86. The maximum Gasteiger partial charge on any atom is 0.268 e. The molecule has 0 unspecified atom stereocenters. The lowest BCUT2D eigenvalue weighted by Crippen LogP contribution is -2.09. The van der Waals surface area contributed by atoms with Gasteiger partial charge in [0.25, 0.3) is 5.56 Å². The smallest absolute Gasteiger partial charge is 0.268 e. The van der Waals surface area contributed by atoms with Crippen LogP contribution in [0.1, 0.15) is 48.4 Å². The fraction of sp³-hybridized carbons (Fsp3) is 0.286. The highest BCUT2D eigenvalue weighted by Crippen LogP contribution is 2.36. The highest BCUT2D eigenvalue weighted by Gasteiger charge is 2.26. The first kappa shape index (κ1) is 15.0. The van der Waals surface area contributed by atoms with E-state index in [-0.39, 0.29) is 5.56 Å². The molecule has 0 amide bonds. The first-order valence-electron chi connectivity index (χ1n) is 8.76. The molecule has 1 fully saturated rings. The van der Waals surface area contributed by atoms with Gasteiger partial charge in [-0.3, -0.25) is 14.6 Å². The molecule has 2 aromatic carbocycles. The van der Waals surface area contributed by atoms with Crippen LogP contribution in [0.2, 0.25) is 0 Å². The van der Waals surface area contributed by atoms with Crippen LogP contribution in [-0.4, -0.2) is 9.78 Å². The predicted octanol–water partition coefficient (Wildman–Crippen LogP) is 4.41. The topological polar surface area (TPSA) is 37.8 Å². The van der Waals surface area contributed by atoms with E-state index in [4.69, 9.17) is 0 Å².